The van der Waals surface area contributed by atoms with Crippen molar-refractivity contribution in [2.45, 2.75) is 6.92 Å². The SMILES string of the molecule is Cc1ccc(C(=O)C=CNc2ccc(C(=O)O)cc2)o1. The van der Waals surface area contributed by atoms with Gasteiger partial charge in [0, 0.05) is 18.0 Å². The van der Waals surface area contributed by atoms with Gasteiger partial charge in [0.2, 0.25) is 5.78 Å². The van der Waals surface area contributed by atoms with E-state index in [4.69, 9.17) is 9.52 Å². The summed E-state index contributed by atoms with van der Waals surface area (Å²) in [4.78, 5) is 22.4. The van der Waals surface area contributed by atoms with Gasteiger partial charge >= 0.3 is 5.97 Å². The molecule has 0 aliphatic rings. The minimum atomic E-state index is -0.976. The van der Waals surface area contributed by atoms with Crippen LogP contribution in [-0.2, 0) is 0 Å². The quantitative estimate of drug-likeness (QED) is 0.645. The first-order valence-corrected chi connectivity index (χ1v) is 5.93. The number of ketones is 1. The Kier molecular flexibility index (Phi) is 4.00. The number of carbonyl (C=O) groups is 2. The molecule has 1 aromatic carbocycles. The van der Waals surface area contributed by atoms with Crippen molar-refractivity contribution in [1.29, 1.82) is 0 Å². The van der Waals surface area contributed by atoms with Crippen LogP contribution in [0.4, 0.5) is 5.69 Å². The van der Waals surface area contributed by atoms with E-state index in [-0.39, 0.29) is 17.1 Å². The average Bonchev–Trinajstić information content (AvgIpc) is 2.86. The number of hydrogen-bond acceptors (Lipinski definition) is 4. The molecule has 2 aromatic rings. The second-order valence-electron chi connectivity index (χ2n) is 4.13. The first kappa shape index (κ1) is 13.6. The first-order valence-electron chi connectivity index (χ1n) is 5.93. The molecule has 0 aliphatic carbocycles. The lowest BCUT2D eigenvalue weighted by atomic mass is 10.2. The molecule has 0 unspecified atom stereocenters. The number of rotatable bonds is 5. The molecule has 0 aliphatic heterocycles. The Morgan fingerprint density at radius 3 is 2.40 bits per heavy atom. The third kappa shape index (κ3) is 3.35. The van der Waals surface area contributed by atoms with Crippen LogP contribution in [0.25, 0.3) is 0 Å². The van der Waals surface area contributed by atoms with Crippen molar-refractivity contribution >= 4 is 17.4 Å². The molecule has 1 aromatic heterocycles. The Labute approximate surface area is 115 Å². The minimum absolute atomic E-state index is 0.210. The Morgan fingerprint density at radius 2 is 1.85 bits per heavy atom. The lowest BCUT2D eigenvalue weighted by Crippen LogP contribution is -1.97. The van der Waals surface area contributed by atoms with Gasteiger partial charge in [-0.1, -0.05) is 0 Å². The normalized spacial score (nSPS) is 10.7. The van der Waals surface area contributed by atoms with Crippen molar-refractivity contribution in [2.75, 3.05) is 5.32 Å². The summed E-state index contributed by atoms with van der Waals surface area (Å²) in [6, 6.07) is 9.54. The summed E-state index contributed by atoms with van der Waals surface area (Å²) < 4.78 is 5.20. The second-order valence-corrected chi connectivity index (χ2v) is 4.13. The fourth-order valence-corrected chi connectivity index (χ4v) is 1.57. The van der Waals surface area contributed by atoms with E-state index >= 15 is 0 Å². The van der Waals surface area contributed by atoms with Gasteiger partial charge in [0.25, 0.3) is 0 Å². The molecule has 0 fully saturated rings. The van der Waals surface area contributed by atoms with E-state index in [1.807, 2.05) is 0 Å². The standard InChI is InChI=1S/C15H13NO4/c1-10-2-7-14(20-10)13(17)8-9-16-12-5-3-11(4-6-12)15(18)19/h2-9,16H,1H3,(H,18,19). The Balaban J connectivity index is 1.96. The van der Waals surface area contributed by atoms with Crippen LogP contribution in [0.1, 0.15) is 26.7 Å². The van der Waals surface area contributed by atoms with E-state index in [1.165, 1.54) is 24.4 Å². The maximum absolute atomic E-state index is 11.7. The highest BCUT2D eigenvalue weighted by Crippen LogP contribution is 2.10. The summed E-state index contributed by atoms with van der Waals surface area (Å²) in [5.41, 5.74) is 0.899. The van der Waals surface area contributed by atoms with E-state index < -0.39 is 5.97 Å². The zero-order chi connectivity index (χ0) is 14.5. The number of furan rings is 1. The highest BCUT2D eigenvalue weighted by Gasteiger charge is 2.05. The molecule has 0 radical (unpaired) electrons. The topological polar surface area (TPSA) is 79.5 Å². The third-order valence-electron chi connectivity index (χ3n) is 2.60. The van der Waals surface area contributed by atoms with Crippen molar-refractivity contribution < 1.29 is 19.1 Å². The molecule has 20 heavy (non-hydrogen) atoms. The van der Waals surface area contributed by atoms with Gasteiger partial charge in [-0.25, -0.2) is 4.79 Å². The molecule has 1 heterocycles. The van der Waals surface area contributed by atoms with Crippen LogP contribution in [0.3, 0.4) is 0 Å². The second kappa shape index (κ2) is 5.88. The number of carbonyl (C=O) groups excluding carboxylic acids is 1. The van der Waals surface area contributed by atoms with E-state index in [2.05, 4.69) is 5.32 Å². The largest absolute Gasteiger partial charge is 0.478 e. The Morgan fingerprint density at radius 1 is 1.15 bits per heavy atom. The van der Waals surface area contributed by atoms with Crippen LogP contribution < -0.4 is 5.32 Å². The molecule has 2 rings (SSSR count). The Hall–Kier alpha value is -2.82. The van der Waals surface area contributed by atoms with E-state index in [0.717, 1.165) is 0 Å². The van der Waals surface area contributed by atoms with Crippen molar-refractivity contribution in [1.82, 2.24) is 0 Å². The van der Waals surface area contributed by atoms with Crippen molar-refractivity contribution in [3.8, 4) is 0 Å². The van der Waals surface area contributed by atoms with E-state index in [1.54, 1.807) is 31.2 Å². The molecule has 0 spiro atoms. The molecule has 0 bridgehead atoms. The number of anilines is 1. The van der Waals surface area contributed by atoms with Gasteiger partial charge in [-0.05, 0) is 43.3 Å². The van der Waals surface area contributed by atoms with E-state index in [0.29, 0.717) is 11.4 Å². The van der Waals surface area contributed by atoms with Crippen molar-refractivity contribution in [3.63, 3.8) is 0 Å². The smallest absolute Gasteiger partial charge is 0.335 e. The number of carboxylic acids is 1. The number of aryl methyl sites for hydroxylation is 1. The Bertz CT molecular complexity index is 653. The summed E-state index contributed by atoms with van der Waals surface area (Å²) in [7, 11) is 0. The number of allylic oxidation sites excluding steroid dienone is 1. The molecule has 5 nitrogen and oxygen atoms in total. The fourth-order valence-electron chi connectivity index (χ4n) is 1.57. The highest BCUT2D eigenvalue weighted by atomic mass is 16.4. The molecular weight excluding hydrogens is 258 g/mol. The lowest BCUT2D eigenvalue weighted by molar-refractivity contribution is 0.0696. The van der Waals surface area contributed by atoms with Gasteiger partial charge < -0.3 is 14.8 Å². The van der Waals surface area contributed by atoms with E-state index in [9.17, 15) is 9.59 Å². The molecule has 5 heteroatoms. The van der Waals surface area contributed by atoms with Gasteiger partial charge in [-0.3, -0.25) is 4.79 Å². The molecule has 102 valence electrons. The summed E-state index contributed by atoms with van der Waals surface area (Å²) in [6.07, 6.45) is 2.83. The molecule has 0 saturated heterocycles. The first-order chi connectivity index (χ1) is 9.56. The summed E-state index contributed by atoms with van der Waals surface area (Å²) >= 11 is 0. The summed E-state index contributed by atoms with van der Waals surface area (Å²) in [6.45, 7) is 1.77. The number of benzene rings is 1. The molecule has 2 N–H and O–H groups in total. The zero-order valence-electron chi connectivity index (χ0n) is 10.8. The maximum atomic E-state index is 11.7. The highest BCUT2D eigenvalue weighted by molar-refractivity contribution is 6.02. The van der Waals surface area contributed by atoms with Crippen molar-refractivity contribution in [2.24, 2.45) is 0 Å². The lowest BCUT2D eigenvalue weighted by Gasteiger charge is -2.00. The molecular formula is C15H13NO4. The average molecular weight is 271 g/mol. The van der Waals surface area contributed by atoms with Gasteiger partial charge in [-0.2, -0.15) is 0 Å². The van der Waals surface area contributed by atoms with Crippen LogP contribution in [0, 0.1) is 6.92 Å². The molecule has 0 amide bonds. The van der Waals surface area contributed by atoms with Gasteiger partial charge in [-0.15, -0.1) is 0 Å². The minimum Gasteiger partial charge on any atom is -0.478 e. The van der Waals surface area contributed by atoms with Gasteiger partial charge in [0.1, 0.15) is 5.76 Å². The predicted octanol–water partition coefficient (Wildman–Crippen LogP) is 3.09. The van der Waals surface area contributed by atoms with Crippen LogP contribution >= 0.6 is 0 Å². The summed E-state index contributed by atoms with van der Waals surface area (Å²) in [5.74, 6) is -0.260. The predicted molar refractivity (Wildman–Crippen MR) is 73.9 cm³/mol. The van der Waals surface area contributed by atoms with Crippen LogP contribution in [0.2, 0.25) is 0 Å². The van der Waals surface area contributed by atoms with Crippen LogP contribution in [-0.4, -0.2) is 16.9 Å². The maximum Gasteiger partial charge on any atom is 0.335 e. The van der Waals surface area contributed by atoms with Crippen LogP contribution in [0.15, 0.2) is 53.1 Å². The van der Waals surface area contributed by atoms with Gasteiger partial charge in [0.05, 0.1) is 5.56 Å². The zero-order valence-corrected chi connectivity index (χ0v) is 10.8. The van der Waals surface area contributed by atoms with Crippen molar-refractivity contribution in [3.05, 3.63) is 65.8 Å². The summed E-state index contributed by atoms with van der Waals surface area (Å²) in [5, 5.41) is 11.6. The van der Waals surface area contributed by atoms with Crippen LogP contribution in [0.5, 0.6) is 0 Å². The number of aromatic carboxylic acids is 1. The number of nitrogens with one attached hydrogen (secondary N) is 1. The number of hydrogen-bond donors (Lipinski definition) is 2. The molecule has 0 atom stereocenters. The molecule has 0 saturated carbocycles. The van der Waals surface area contributed by atoms with Gasteiger partial charge in [0.15, 0.2) is 5.76 Å². The monoisotopic (exact) mass is 271 g/mol. The fraction of sp³-hybridized carbons (Fsp3) is 0.0667. The third-order valence-corrected chi connectivity index (χ3v) is 2.60. The number of carboxylic acid groups (broad SMARTS) is 1.